The molecule has 20 heavy (non-hydrogen) atoms. The summed E-state index contributed by atoms with van der Waals surface area (Å²) in [7, 11) is 0. The molecule has 2 aliphatic rings. The summed E-state index contributed by atoms with van der Waals surface area (Å²) in [5.74, 6) is 8.16. The van der Waals surface area contributed by atoms with Crippen LogP contribution in [0.3, 0.4) is 0 Å². The average Bonchev–Trinajstić information content (AvgIpc) is 2.47. The lowest BCUT2D eigenvalue weighted by Crippen LogP contribution is -2.47. The van der Waals surface area contributed by atoms with Crippen LogP contribution in [0.15, 0.2) is 4.99 Å². The summed E-state index contributed by atoms with van der Waals surface area (Å²) in [6.07, 6.45) is 13.3. The van der Waals surface area contributed by atoms with E-state index in [9.17, 15) is 0 Å². The van der Waals surface area contributed by atoms with Crippen LogP contribution in [0.5, 0.6) is 0 Å². The molecule has 0 aliphatic heterocycles. The second-order valence-electron chi connectivity index (χ2n) is 6.78. The number of aliphatic imine (C=N–C) groups is 1. The van der Waals surface area contributed by atoms with Crippen LogP contribution in [0, 0.1) is 11.8 Å². The summed E-state index contributed by atoms with van der Waals surface area (Å²) in [4.78, 5) is 4.62. The maximum absolute atomic E-state index is 5.59. The first-order valence-corrected chi connectivity index (χ1v) is 8.55. The summed E-state index contributed by atoms with van der Waals surface area (Å²) in [6.45, 7) is 3.28. The molecule has 0 amide bonds. The van der Waals surface area contributed by atoms with E-state index in [-0.39, 0.29) is 0 Å². The van der Waals surface area contributed by atoms with Crippen LogP contribution in [0.2, 0.25) is 0 Å². The number of hydrogen-bond acceptors (Lipinski definition) is 2. The van der Waals surface area contributed by atoms with Gasteiger partial charge >= 0.3 is 0 Å². The fourth-order valence-corrected chi connectivity index (χ4v) is 3.75. The van der Waals surface area contributed by atoms with E-state index in [1.807, 2.05) is 0 Å². The van der Waals surface area contributed by atoms with Crippen molar-refractivity contribution in [1.82, 2.24) is 10.7 Å². The number of nitrogens with zero attached hydrogens (tertiary/aromatic N) is 1. The minimum atomic E-state index is 0.563. The number of hydrazine groups is 1. The Bertz CT molecular complexity index is 297. The number of hydrogen-bond donors (Lipinski definition) is 3. The van der Waals surface area contributed by atoms with E-state index in [4.69, 9.17) is 5.84 Å². The smallest absolute Gasteiger partial charge is 0.205 e. The first-order chi connectivity index (χ1) is 9.78. The zero-order chi connectivity index (χ0) is 14.2. The van der Waals surface area contributed by atoms with Gasteiger partial charge in [0.25, 0.3) is 0 Å². The van der Waals surface area contributed by atoms with Crippen molar-refractivity contribution >= 4 is 5.96 Å². The van der Waals surface area contributed by atoms with E-state index in [2.05, 4.69) is 22.7 Å². The maximum Gasteiger partial charge on any atom is 0.205 e. The van der Waals surface area contributed by atoms with E-state index >= 15 is 0 Å². The quantitative estimate of drug-likeness (QED) is 0.321. The van der Waals surface area contributed by atoms with Gasteiger partial charge in [0, 0.05) is 12.6 Å². The Morgan fingerprint density at radius 2 is 1.90 bits per heavy atom. The van der Waals surface area contributed by atoms with Crippen LogP contribution in [0.25, 0.3) is 0 Å². The molecule has 2 saturated carbocycles. The van der Waals surface area contributed by atoms with Gasteiger partial charge in [-0.15, -0.1) is 0 Å². The van der Waals surface area contributed by atoms with Crippen molar-refractivity contribution in [3.8, 4) is 0 Å². The summed E-state index contributed by atoms with van der Waals surface area (Å²) < 4.78 is 0. The Morgan fingerprint density at radius 1 is 1.10 bits per heavy atom. The Labute approximate surface area is 124 Å². The predicted octanol–water partition coefficient (Wildman–Crippen LogP) is 2.94. The van der Waals surface area contributed by atoms with Crippen molar-refractivity contribution < 1.29 is 0 Å². The molecule has 0 spiro atoms. The number of nitrogens with one attached hydrogen (secondary N) is 2. The minimum absolute atomic E-state index is 0.563. The molecule has 2 aliphatic carbocycles. The van der Waals surface area contributed by atoms with Crippen molar-refractivity contribution in [2.45, 2.75) is 77.2 Å². The van der Waals surface area contributed by atoms with Crippen molar-refractivity contribution in [3.63, 3.8) is 0 Å². The third-order valence-electron chi connectivity index (χ3n) is 4.93. The fraction of sp³-hybridized carbons (Fsp3) is 0.938. The molecule has 2 fully saturated rings. The molecule has 4 nitrogen and oxygen atoms in total. The van der Waals surface area contributed by atoms with Crippen molar-refractivity contribution in [2.75, 3.05) is 6.54 Å². The molecule has 0 heterocycles. The Morgan fingerprint density at radius 3 is 2.60 bits per heavy atom. The number of guanidine groups is 1. The van der Waals surface area contributed by atoms with E-state index in [1.165, 1.54) is 64.2 Å². The number of rotatable bonds is 4. The highest BCUT2D eigenvalue weighted by atomic mass is 15.3. The van der Waals surface area contributed by atoms with Gasteiger partial charge in [0.1, 0.15) is 0 Å². The summed E-state index contributed by atoms with van der Waals surface area (Å²) in [5.41, 5.74) is 2.73. The third kappa shape index (κ3) is 5.31. The normalized spacial score (nSPS) is 29.2. The highest BCUT2D eigenvalue weighted by Gasteiger charge is 2.18. The predicted molar refractivity (Wildman–Crippen MR) is 85.4 cm³/mol. The van der Waals surface area contributed by atoms with Crippen LogP contribution in [-0.4, -0.2) is 18.5 Å². The van der Waals surface area contributed by atoms with Gasteiger partial charge in [-0.2, -0.15) is 0 Å². The Hall–Kier alpha value is -0.770. The first kappa shape index (κ1) is 15.6. The van der Waals surface area contributed by atoms with E-state index in [0.717, 1.165) is 24.3 Å². The van der Waals surface area contributed by atoms with Gasteiger partial charge in [-0.05, 0) is 37.5 Å². The molecule has 4 N–H and O–H groups in total. The van der Waals surface area contributed by atoms with Gasteiger partial charge in [-0.1, -0.05) is 45.4 Å². The SMILES string of the molecule is CC1CCCC(CCN=C(NN)NC2CCCCC2)C1. The molecular formula is C16H32N4. The van der Waals surface area contributed by atoms with Gasteiger partial charge in [0.05, 0.1) is 0 Å². The van der Waals surface area contributed by atoms with E-state index in [1.54, 1.807) is 0 Å². The van der Waals surface area contributed by atoms with E-state index in [0.29, 0.717) is 6.04 Å². The largest absolute Gasteiger partial charge is 0.353 e. The van der Waals surface area contributed by atoms with Crippen LogP contribution in [-0.2, 0) is 0 Å². The molecule has 0 aromatic heterocycles. The molecule has 0 saturated heterocycles. The monoisotopic (exact) mass is 280 g/mol. The van der Waals surface area contributed by atoms with Crippen molar-refractivity contribution in [1.29, 1.82) is 0 Å². The lowest BCUT2D eigenvalue weighted by atomic mass is 9.81. The van der Waals surface area contributed by atoms with Gasteiger partial charge in [-0.25, -0.2) is 5.84 Å². The molecule has 0 aromatic carbocycles. The van der Waals surface area contributed by atoms with Crippen LogP contribution >= 0.6 is 0 Å². The van der Waals surface area contributed by atoms with Gasteiger partial charge < -0.3 is 5.32 Å². The zero-order valence-corrected chi connectivity index (χ0v) is 13.0. The van der Waals surface area contributed by atoms with E-state index < -0.39 is 0 Å². The Kier molecular flexibility index (Phi) is 6.64. The molecule has 0 aromatic rings. The molecule has 0 radical (unpaired) electrons. The molecule has 116 valence electrons. The lowest BCUT2D eigenvalue weighted by molar-refractivity contribution is 0.272. The van der Waals surface area contributed by atoms with Gasteiger partial charge in [0.15, 0.2) is 0 Å². The average molecular weight is 280 g/mol. The fourth-order valence-electron chi connectivity index (χ4n) is 3.75. The summed E-state index contributed by atoms with van der Waals surface area (Å²) in [5, 5.41) is 3.47. The third-order valence-corrected chi connectivity index (χ3v) is 4.93. The standard InChI is InChI=1S/C16H32N4/c1-13-6-5-7-14(12-13)10-11-18-16(20-17)19-15-8-3-2-4-9-15/h13-15H,2-12,17H2,1H3,(H2,18,19,20). The minimum Gasteiger partial charge on any atom is -0.353 e. The summed E-state index contributed by atoms with van der Waals surface area (Å²) in [6, 6.07) is 0.563. The van der Waals surface area contributed by atoms with Crippen LogP contribution in [0.1, 0.15) is 71.1 Å². The molecule has 2 atom stereocenters. The summed E-state index contributed by atoms with van der Waals surface area (Å²) >= 11 is 0. The molecule has 2 rings (SSSR count). The Balaban J connectivity index is 1.69. The molecule has 4 heteroatoms. The van der Waals surface area contributed by atoms with Gasteiger partial charge in [0.2, 0.25) is 5.96 Å². The molecular weight excluding hydrogens is 248 g/mol. The highest BCUT2D eigenvalue weighted by Crippen LogP contribution is 2.30. The first-order valence-electron chi connectivity index (χ1n) is 8.55. The zero-order valence-electron chi connectivity index (χ0n) is 13.0. The van der Waals surface area contributed by atoms with Crippen LogP contribution in [0.4, 0.5) is 0 Å². The number of nitrogens with two attached hydrogens (primary N) is 1. The second kappa shape index (κ2) is 8.50. The maximum atomic E-state index is 5.59. The van der Waals surface area contributed by atoms with Crippen molar-refractivity contribution in [3.05, 3.63) is 0 Å². The molecule has 2 unspecified atom stereocenters. The lowest BCUT2D eigenvalue weighted by Gasteiger charge is -2.26. The molecule has 0 bridgehead atoms. The highest BCUT2D eigenvalue weighted by molar-refractivity contribution is 5.79. The van der Waals surface area contributed by atoms with Gasteiger partial charge in [-0.3, -0.25) is 10.4 Å². The topological polar surface area (TPSA) is 62.4 Å². The van der Waals surface area contributed by atoms with Crippen LogP contribution < -0.4 is 16.6 Å². The second-order valence-corrected chi connectivity index (χ2v) is 6.78. The van der Waals surface area contributed by atoms with Crippen molar-refractivity contribution in [2.24, 2.45) is 22.7 Å².